The summed E-state index contributed by atoms with van der Waals surface area (Å²) in [5.41, 5.74) is 0.213. The van der Waals surface area contributed by atoms with Gasteiger partial charge >= 0.3 is 20.1 Å². The molecule has 3 N–H and O–H groups in total. The summed E-state index contributed by atoms with van der Waals surface area (Å²) in [4.78, 5) is 35.0. The highest BCUT2D eigenvalue weighted by Crippen LogP contribution is 2.53. The van der Waals surface area contributed by atoms with E-state index in [9.17, 15) is 23.7 Å². The third-order valence-electron chi connectivity index (χ3n) is 5.57. The smallest absolute Gasteiger partial charge is 0.432 e. The molecule has 0 bridgehead atoms. The van der Waals surface area contributed by atoms with Crippen molar-refractivity contribution in [1.82, 2.24) is 19.5 Å². The number of rotatable bonds is 13. The first kappa shape index (κ1) is 33.8. The summed E-state index contributed by atoms with van der Waals surface area (Å²) in [6.45, 7) is 0.955. The molecule has 17 nitrogen and oxygen atoms in total. The summed E-state index contributed by atoms with van der Waals surface area (Å²) in [7, 11) is -4.98. The van der Waals surface area contributed by atoms with Gasteiger partial charge in [0.1, 0.15) is 18.5 Å². The van der Waals surface area contributed by atoms with Gasteiger partial charge in [-0.05, 0) is 27.7 Å². The number of terminal acetylenes is 1. The molecule has 4 atom stereocenters. The van der Waals surface area contributed by atoms with Gasteiger partial charge in [-0.2, -0.15) is 0 Å². The molecule has 0 radical (unpaired) electrons. The Labute approximate surface area is 243 Å². The molecule has 43 heavy (non-hydrogen) atoms. The van der Waals surface area contributed by atoms with E-state index in [4.69, 9.17) is 39.9 Å². The molecule has 2 aromatic heterocycles. The van der Waals surface area contributed by atoms with E-state index in [0.29, 0.717) is 0 Å². The van der Waals surface area contributed by atoms with Crippen LogP contribution in [0.3, 0.4) is 0 Å². The van der Waals surface area contributed by atoms with Crippen LogP contribution in [-0.2, 0) is 41.8 Å². The summed E-state index contributed by atoms with van der Waals surface area (Å²) in [5.74, 6) is 1.80. The van der Waals surface area contributed by atoms with Gasteiger partial charge in [-0.1, -0.05) is 5.92 Å². The minimum atomic E-state index is -4.98. The zero-order valence-corrected chi connectivity index (χ0v) is 24.3. The number of imidazole rings is 1. The Morgan fingerprint density at radius 2 is 1.72 bits per heavy atom. The molecule has 0 aromatic carbocycles. The molecule has 3 rings (SSSR count). The fourth-order valence-corrected chi connectivity index (χ4v) is 4.59. The molecule has 1 aliphatic heterocycles. The summed E-state index contributed by atoms with van der Waals surface area (Å²) in [5, 5.41) is 11.1. The number of alkyl halides is 2. The minimum absolute atomic E-state index is 0.0397. The van der Waals surface area contributed by atoms with Crippen LogP contribution < -0.4 is 5.73 Å². The quantitative estimate of drug-likeness (QED) is 0.140. The molecule has 0 unspecified atom stereocenters. The molecule has 0 amide bonds. The van der Waals surface area contributed by atoms with Gasteiger partial charge in [0.2, 0.25) is 19.2 Å². The number of phosphoric acid groups is 1. The second-order valence-corrected chi connectivity index (χ2v) is 11.1. The monoisotopic (exact) mass is 637 g/mol. The van der Waals surface area contributed by atoms with E-state index < -0.39 is 82.8 Å². The number of ether oxygens (including phenoxy) is 5. The molecule has 0 aliphatic carbocycles. The summed E-state index contributed by atoms with van der Waals surface area (Å²) >= 11 is 0. The van der Waals surface area contributed by atoms with Crippen molar-refractivity contribution in [1.29, 1.82) is 0 Å². The maximum absolute atomic E-state index is 15.9. The molecule has 1 saturated heterocycles. The van der Waals surface area contributed by atoms with Crippen molar-refractivity contribution in [3.63, 3.8) is 0 Å². The van der Waals surface area contributed by atoms with Crippen molar-refractivity contribution in [3.8, 4) is 12.3 Å². The molecule has 0 saturated carbocycles. The first-order valence-electron chi connectivity index (χ1n) is 12.4. The first-order chi connectivity index (χ1) is 20.2. The van der Waals surface area contributed by atoms with Crippen LogP contribution in [0.15, 0.2) is 12.7 Å². The Morgan fingerprint density at radius 3 is 2.23 bits per heavy atom. The van der Waals surface area contributed by atoms with E-state index >= 15 is 4.39 Å². The topological polar surface area (TPSA) is 215 Å². The predicted octanol–water partition coefficient (Wildman–Crippen LogP) is 2.54. The van der Waals surface area contributed by atoms with Crippen molar-refractivity contribution in [2.24, 2.45) is 0 Å². The van der Waals surface area contributed by atoms with Gasteiger partial charge in [0, 0.05) is 0 Å². The van der Waals surface area contributed by atoms with Crippen molar-refractivity contribution >= 4 is 37.1 Å². The number of halogens is 2. The zero-order chi connectivity index (χ0) is 32.0. The molecule has 2 aromatic rings. The maximum Gasteiger partial charge on any atom is 0.510 e. The fourth-order valence-electron chi connectivity index (χ4n) is 3.63. The number of nitrogen functional groups attached to an aromatic ring is 1. The van der Waals surface area contributed by atoms with Crippen molar-refractivity contribution in [2.45, 2.75) is 63.5 Å². The van der Waals surface area contributed by atoms with Gasteiger partial charge in [-0.15, -0.1) is 6.42 Å². The third-order valence-corrected chi connectivity index (χ3v) is 6.86. The van der Waals surface area contributed by atoms with Gasteiger partial charge in [0.15, 0.2) is 29.5 Å². The van der Waals surface area contributed by atoms with Crippen LogP contribution in [0.1, 0.15) is 33.9 Å². The summed E-state index contributed by atoms with van der Waals surface area (Å²) < 4.78 is 83.9. The average Bonchev–Trinajstić information content (AvgIpc) is 3.45. The SMILES string of the molecule is C#C[C@@]1(O)[C@H](F)[C@@](CF)(COP(=O)(OCOC(=O)OC(C)C)OCOC(=O)OC(C)C)O[C@H]1n1cnc2c(N)ncnc21. The van der Waals surface area contributed by atoms with Crippen molar-refractivity contribution in [3.05, 3.63) is 12.7 Å². The average molecular weight is 637 g/mol. The highest BCUT2D eigenvalue weighted by Gasteiger charge is 2.66. The summed E-state index contributed by atoms with van der Waals surface area (Å²) in [6, 6.07) is 0. The van der Waals surface area contributed by atoms with Gasteiger partial charge in [0.25, 0.3) is 0 Å². The molecule has 1 fully saturated rings. The van der Waals surface area contributed by atoms with Crippen LogP contribution in [0.5, 0.6) is 0 Å². The number of anilines is 1. The normalized spacial score (nSPS) is 23.8. The molecular formula is C23H30F2N5O12P. The highest BCUT2D eigenvalue weighted by molar-refractivity contribution is 7.48. The van der Waals surface area contributed by atoms with Gasteiger partial charge in [-0.25, -0.2) is 46.9 Å². The second-order valence-electron chi connectivity index (χ2n) is 9.42. The lowest BCUT2D eigenvalue weighted by Crippen LogP contribution is -2.51. The van der Waals surface area contributed by atoms with E-state index in [1.54, 1.807) is 0 Å². The Morgan fingerprint density at radius 1 is 1.14 bits per heavy atom. The largest absolute Gasteiger partial charge is 0.510 e. The number of carbonyl (C=O) groups excluding carboxylic acids is 2. The Balaban J connectivity index is 1.83. The lowest BCUT2D eigenvalue weighted by atomic mass is 9.89. The standard InChI is InChI=1S/C23H30F2N5O12P/c1-6-23(33)18(25)22(7-24,42-19(23)30-10-29-15-16(26)27-9-28-17(15)30)8-37-43(34,38-11-35-20(31)40-13(2)3)39-12-36-21(32)41-14(4)5/h1,9-10,13-14,18-19,33H,7-8,11-12H2,2-5H3,(H2,26,27,28)/t18-,19-,22-,23-/m1/s1. The van der Waals surface area contributed by atoms with Crippen molar-refractivity contribution in [2.75, 3.05) is 32.6 Å². The number of nitrogens with two attached hydrogens (primary N) is 1. The molecule has 20 heteroatoms. The number of aromatic nitrogens is 4. The Bertz CT molecular complexity index is 1360. The van der Waals surface area contributed by atoms with E-state index in [2.05, 4.69) is 24.4 Å². The fraction of sp³-hybridized carbons (Fsp3) is 0.609. The highest BCUT2D eigenvalue weighted by atomic mass is 31.2. The number of hydrogen-bond acceptors (Lipinski definition) is 16. The van der Waals surface area contributed by atoms with Crippen molar-refractivity contribution < 1.29 is 65.3 Å². The number of fused-ring (bicyclic) bond motifs is 1. The molecular weight excluding hydrogens is 607 g/mol. The van der Waals surface area contributed by atoms with E-state index in [1.807, 2.05) is 5.92 Å². The van der Waals surface area contributed by atoms with Crippen LogP contribution in [0.4, 0.5) is 24.2 Å². The molecule has 0 spiro atoms. The first-order valence-corrected chi connectivity index (χ1v) is 13.9. The number of aliphatic hydroxyl groups is 1. The molecule has 3 heterocycles. The van der Waals surface area contributed by atoms with E-state index in [-0.39, 0.29) is 17.0 Å². The van der Waals surface area contributed by atoms with Crippen LogP contribution in [0, 0.1) is 12.3 Å². The van der Waals surface area contributed by atoms with E-state index in [1.165, 1.54) is 27.7 Å². The van der Waals surface area contributed by atoms with Crippen LogP contribution in [-0.4, -0.2) is 93.4 Å². The number of hydrogen-bond donors (Lipinski definition) is 2. The lowest BCUT2D eigenvalue weighted by molar-refractivity contribution is -0.132. The number of nitrogens with zero attached hydrogens (tertiary/aromatic N) is 4. The van der Waals surface area contributed by atoms with Gasteiger partial charge < -0.3 is 34.5 Å². The lowest BCUT2D eigenvalue weighted by Gasteiger charge is -2.29. The van der Waals surface area contributed by atoms with Gasteiger partial charge in [0.05, 0.1) is 25.1 Å². The third kappa shape index (κ3) is 7.65. The summed E-state index contributed by atoms with van der Waals surface area (Å²) in [6.07, 6.45) is -0.604. The van der Waals surface area contributed by atoms with Crippen LogP contribution >= 0.6 is 7.82 Å². The minimum Gasteiger partial charge on any atom is -0.432 e. The van der Waals surface area contributed by atoms with Crippen LogP contribution in [0.2, 0.25) is 0 Å². The van der Waals surface area contributed by atoms with E-state index in [0.717, 1.165) is 17.2 Å². The number of phosphoric ester groups is 1. The molecule has 238 valence electrons. The second kappa shape index (κ2) is 13.8. The number of carbonyl (C=O) groups is 2. The maximum atomic E-state index is 15.9. The Kier molecular flexibility index (Phi) is 10.8. The zero-order valence-electron chi connectivity index (χ0n) is 23.4. The molecule has 1 aliphatic rings. The van der Waals surface area contributed by atoms with Gasteiger partial charge in [-0.3, -0.25) is 9.09 Å². The Hall–Kier alpha value is -3.66. The van der Waals surface area contributed by atoms with Crippen LogP contribution in [0.25, 0.3) is 11.2 Å². The predicted molar refractivity (Wildman–Crippen MR) is 138 cm³/mol.